The normalized spacial score (nSPS) is 12.9. The van der Waals surface area contributed by atoms with Crippen molar-refractivity contribution in [3.05, 3.63) is 34.0 Å². The lowest BCUT2D eigenvalue weighted by Crippen LogP contribution is -2.22. The minimum atomic E-state index is 0.146. The quantitative estimate of drug-likeness (QED) is 0.885. The Hall–Kier alpha value is -1.20. The molecule has 0 aliphatic rings. The van der Waals surface area contributed by atoms with Crippen LogP contribution in [0, 0.1) is 0 Å². The van der Waals surface area contributed by atoms with E-state index >= 15 is 0 Å². The molecule has 0 saturated carbocycles. The van der Waals surface area contributed by atoms with E-state index in [-0.39, 0.29) is 6.04 Å². The molecule has 1 atom stereocenters. The zero-order valence-electron chi connectivity index (χ0n) is 10.5. The van der Waals surface area contributed by atoms with Crippen LogP contribution < -0.4 is 5.32 Å². The third kappa shape index (κ3) is 2.25. The molecule has 1 unspecified atom stereocenters. The van der Waals surface area contributed by atoms with E-state index in [1.165, 1.54) is 10.4 Å². The Morgan fingerprint density at radius 2 is 2.29 bits per heavy atom. The van der Waals surface area contributed by atoms with Gasteiger partial charge in [0.25, 0.3) is 0 Å². The lowest BCUT2D eigenvalue weighted by molar-refractivity contribution is 0.554. The molecule has 2 heterocycles. The van der Waals surface area contributed by atoms with Crippen molar-refractivity contribution >= 4 is 11.3 Å². The van der Waals surface area contributed by atoms with Crippen molar-refractivity contribution in [2.24, 2.45) is 0 Å². The van der Waals surface area contributed by atoms with E-state index in [0.717, 1.165) is 18.8 Å². The first-order valence-corrected chi connectivity index (χ1v) is 6.81. The molecular weight excluding hydrogens is 232 g/mol. The van der Waals surface area contributed by atoms with Gasteiger partial charge in [-0.05, 0) is 37.4 Å². The van der Waals surface area contributed by atoms with Crippen LogP contribution in [0.15, 0.2) is 17.8 Å². The zero-order chi connectivity index (χ0) is 12.3. The molecule has 0 amide bonds. The predicted molar refractivity (Wildman–Crippen MR) is 70.3 cm³/mol. The van der Waals surface area contributed by atoms with Crippen LogP contribution in [-0.2, 0) is 13.0 Å². The van der Waals surface area contributed by atoms with Crippen LogP contribution in [-0.4, -0.2) is 21.8 Å². The minimum absolute atomic E-state index is 0.146. The summed E-state index contributed by atoms with van der Waals surface area (Å²) >= 11 is 1.78. The van der Waals surface area contributed by atoms with Crippen LogP contribution in [0.1, 0.15) is 36.2 Å². The fraction of sp³-hybridized carbons (Fsp3) is 0.500. The van der Waals surface area contributed by atoms with Crippen LogP contribution in [0.2, 0.25) is 0 Å². The van der Waals surface area contributed by atoms with Crippen LogP contribution in [0.25, 0.3) is 0 Å². The standard InChI is InChI=1S/C12H18N4S/c1-4-9-6-7-17-11(9)10(13-3)12-14-8-15-16(12)5-2/h6-8,10,13H,4-5H2,1-3H3. The van der Waals surface area contributed by atoms with Crippen LogP contribution in [0.3, 0.4) is 0 Å². The van der Waals surface area contributed by atoms with Crippen LogP contribution in [0.5, 0.6) is 0 Å². The molecule has 5 heteroatoms. The summed E-state index contributed by atoms with van der Waals surface area (Å²) in [6.07, 6.45) is 2.68. The van der Waals surface area contributed by atoms with Gasteiger partial charge in [0, 0.05) is 11.4 Å². The average Bonchev–Trinajstić information content (AvgIpc) is 2.98. The van der Waals surface area contributed by atoms with Gasteiger partial charge >= 0.3 is 0 Å². The number of hydrogen-bond acceptors (Lipinski definition) is 4. The van der Waals surface area contributed by atoms with Crippen molar-refractivity contribution in [3.63, 3.8) is 0 Å². The van der Waals surface area contributed by atoms with Crippen molar-refractivity contribution < 1.29 is 0 Å². The topological polar surface area (TPSA) is 42.7 Å². The van der Waals surface area contributed by atoms with Gasteiger partial charge in [0.05, 0.1) is 0 Å². The Morgan fingerprint density at radius 3 is 2.94 bits per heavy atom. The molecule has 92 valence electrons. The lowest BCUT2D eigenvalue weighted by atomic mass is 10.1. The second-order valence-corrected chi connectivity index (χ2v) is 4.77. The lowest BCUT2D eigenvalue weighted by Gasteiger charge is -2.16. The fourth-order valence-electron chi connectivity index (χ4n) is 2.01. The third-order valence-corrected chi connectivity index (χ3v) is 3.94. The fourth-order valence-corrected chi connectivity index (χ4v) is 3.11. The number of thiophene rings is 1. The second kappa shape index (κ2) is 5.42. The number of nitrogens with zero attached hydrogens (tertiary/aromatic N) is 3. The van der Waals surface area contributed by atoms with E-state index in [2.05, 4.69) is 40.7 Å². The summed E-state index contributed by atoms with van der Waals surface area (Å²) in [6.45, 7) is 5.11. The zero-order valence-corrected chi connectivity index (χ0v) is 11.3. The van der Waals surface area contributed by atoms with Gasteiger partial charge in [0.1, 0.15) is 18.2 Å². The molecule has 1 N–H and O–H groups in total. The highest BCUT2D eigenvalue weighted by atomic mass is 32.1. The van der Waals surface area contributed by atoms with Crippen molar-refractivity contribution in [1.29, 1.82) is 0 Å². The first kappa shape index (κ1) is 12.3. The number of aryl methyl sites for hydroxylation is 2. The van der Waals surface area contributed by atoms with Gasteiger partial charge in [0.2, 0.25) is 0 Å². The van der Waals surface area contributed by atoms with E-state index in [9.17, 15) is 0 Å². The molecule has 0 aromatic carbocycles. The maximum Gasteiger partial charge on any atom is 0.149 e. The summed E-state index contributed by atoms with van der Waals surface area (Å²) in [5.41, 5.74) is 1.39. The third-order valence-electron chi connectivity index (χ3n) is 2.92. The van der Waals surface area contributed by atoms with E-state index in [1.807, 2.05) is 11.7 Å². The second-order valence-electron chi connectivity index (χ2n) is 3.82. The van der Waals surface area contributed by atoms with Crippen molar-refractivity contribution in [2.45, 2.75) is 32.9 Å². The molecule has 0 bridgehead atoms. The molecule has 2 aromatic rings. The molecule has 0 aliphatic carbocycles. The molecular formula is C12H18N4S. The van der Waals surface area contributed by atoms with Crippen molar-refractivity contribution in [2.75, 3.05) is 7.05 Å². The Bertz CT molecular complexity index is 432. The Balaban J connectivity index is 2.40. The molecule has 4 nitrogen and oxygen atoms in total. The number of nitrogens with one attached hydrogen (secondary N) is 1. The monoisotopic (exact) mass is 250 g/mol. The van der Waals surface area contributed by atoms with Gasteiger partial charge < -0.3 is 5.32 Å². The van der Waals surface area contributed by atoms with E-state index in [4.69, 9.17) is 0 Å². The smallest absolute Gasteiger partial charge is 0.149 e. The molecule has 0 fully saturated rings. The molecule has 0 aliphatic heterocycles. The number of hydrogen-bond donors (Lipinski definition) is 1. The van der Waals surface area contributed by atoms with Gasteiger partial charge in [-0.1, -0.05) is 6.92 Å². The SMILES string of the molecule is CCc1ccsc1C(NC)c1ncnn1CC. The minimum Gasteiger partial charge on any atom is -0.306 e. The van der Waals surface area contributed by atoms with E-state index in [1.54, 1.807) is 17.7 Å². The van der Waals surface area contributed by atoms with Crippen LogP contribution >= 0.6 is 11.3 Å². The maximum atomic E-state index is 4.39. The highest BCUT2D eigenvalue weighted by Gasteiger charge is 2.21. The van der Waals surface area contributed by atoms with E-state index in [0.29, 0.717) is 0 Å². The Kier molecular flexibility index (Phi) is 3.91. The van der Waals surface area contributed by atoms with E-state index < -0.39 is 0 Å². The largest absolute Gasteiger partial charge is 0.306 e. The molecule has 17 heavy (non-hydrogen) atoms. The number of aromatic nitrogens is 3. The molecule has 0 spiro atoms. The highest BCUT2D eigenvalue weighted by molar-refractivity contribution is 7.10. The van der Waals surface area contributed by atoms with Crippen LogP contribution in [0.4, 0.5) is 0 Å². The summed E-state index contributed by atoms with van der Waals surface area (Å²) in [6, 6.07) is 2.34. The molecule has 2 rings (SSSR count). The Morgan fingerprint density at radius 1 is 1.47 bits per heavy atom. The summed E-state index contributed by atoms with van der Waals surface area (Å²) in [4.78, 5) is 5.73. The van der Waals surface area contributed by atoms with Gasteiger partial charge in [-0.25, -0.2) is 9.67 Å². The summed E-state index contributed by atoms with van der Waals surface area (Å²) in [7, 11) is 1.97. The van der Waals surface area contributed by atoms with Gasteiger partial charge in [-0.15, -0.1) is 11.3 Å². The first-order chi connectivity index (χ1) is 8.31. The average molecular weight is 250 g/mol. The molecule has 0 saturated heterocycles. The van der Waals surface area contributed by atoms with Gasteiger partial charge in [-0.3, -0.25) is 0 Å². The Labute approximate surface area is 106 Å². The van der Waals surface area contributed by atoms with Gasteiger partial charge in [-0.2, -0.15) is 5.10 Å². The highest BCUT2D eigenvalue weighted by Crippen LogP contribution is 2.28. The maximum absolute atomic E-state index is 4.39. The number of rotatable bonds is 5. The van der Waals surface area contributed by atoms with Crippen molar-refractivity contribution in [3.8, 4) is 0 Å². The summed E-state index contributed by atoms with van der Waals surface area (Å²) in [5, 5.41) is 9.73. The summed E-state index contributed by atoms with van der Waals surface area (Å²) < 4.78 is 1.94. The molecule has 2 aromatic heterocycles. The van der Waals surface area contributed by atoms with Gasteiger partial charge in [0.15, 0.2) is 0 Å². The van der Waals surface area contributed by atoms with Crippen molar-refractivity contribution in [1.82, 2.24) is 20.1 Å². The predicted octanol–water partition coefficient (Wildman–Crippen LogP) is 2.23. The first-order valence-electron chi connectivity index (χ1n) is 5.93. The summed E-state index contributed by atoms with van der Waals surface area (Å²) in [5.74, 6) is 0.993. The molecule has 0 radical (unpaired) electrons.